The molecule has 0 saturated heterocycles. The topological polar surface area (TPSA) is 131 Å². The average molecular weight is 486 g/mol. The number of alkyl halides is 6. The Bertz CT molecular complexity index is 907. The summed E-state index contributed by atoms with van der Waals surface area (Å²) < 4.78 is 63.5. The molecule has 1 heterocycles. The molecule has 1 atom stereocenters. The molecule has 0 aliphatic heterocycles. The Morgan fingerprint density at radius 3 is 1.79 bits per heavy atom. The van der Waals surface area contributed by atoms with Gasteiger partial charge in [0.2, 0.25) is 0 Å². The summed E-state index contributed by atoms with van der Waals surface area (Å²) in [7, 11) is 1.89. The monoisotopic (exact) mass is 486 g/mol. The third-order valence-electron chi connectivity index (χ3n) is 3.49. The van der Waals surface area contributed by atoms with Crippen LogP contribution in [0, 0.1) is 0 Å². The normalized spacial score (nSPS) is 12.0. The molecule has 0 fully saturated rings. The van der Waals surface area contributed by atoms with Crippen LogP contribution in [-0.4, -0.2) is 63.1 Å². The molecule has 0 amide bonds. The maximum atomic E-state index is 11.6. The van der Waals surface area contributed by atoms with Gasteiger partial charge in [0.15, 0.2) is 0 Å². The molecular formula is C19H20F6N2O6. The van der Waals surface area contributed by atoms with E-state index in [0.29, 0.717) is 18.7 Å². The van der Waals surface area contributed by atoms with Crippen LogP contribution in [0.1, 0.15) is 17.2 Å². The van der Waals surface area contributed by atoms with E-state index in [4.69, 9.17) is 19.8 Å². The number of likely N-dealkylation sites (N-methyl/N-ethyl adjacent to an activating group) is 1. The lowest BCUT2D eigenvalue weighted by molar-refractivity contribution is -0.193. The van der Waals surface area contributed by atoms with Gasteiger partial charge in [-0.1, -0.05) is 36.4 Å². The highest BCUT2D eigenvalue weighted by atomic mass is 19.4. The number of benzene rings is 1. The maximum absolute atomic E-state index is 11.6. The molecule has 0 aliphatic rings. The Balaban J connectivity index is 0.000000605. The first-order valence-corrected chi connectivity index (χ1v) is 8.74. The molecule has 0 spiro atoms. The van der Waals surface area contributed by atoms with Crippen molar-refractivity contribution in [2.75, 3.05) is 13.6 Å². The smallest absolute Gasteiger partial charge is 0.475 e. The van der Waals surface area contributed by atoms with Crippen molar-refractivity contribution in [1.29, 1.82) is 0 Å². The number of aromatic nitrogens is 1. The molecule has 0 aliphatic carbocycles. The number of halogens is 6. The first-order chi connectivity index (χ1) is 15.1. The van der Waals surface area contributed by atoms with Crippen molar-refractivity contribution in [2.45, 2.75) is 25.0 Å². The van der Waals surface area contributed by atoms with Crippen LogP contribution >= 0.6 is 0 Å². The molecule has 0 saturated carbocycles. The molecule has 4 N–H and O–H groups in total. The molecule has 184 valence electrons. The number of carboxylic acid groups (broad SMARTS) is 2. The highest BCUT2D eigenvalue weighted by Crippen LogP contribution is 2.14. The van der Waals surface area contributed by atoms with E-state index in [9.17, 15) is 36.2 Å². The van der Waals surface area contributed by atoms with Gasteiger partial charge in [-0.15, -0.1) is 0 Å². The zero-order chi connectivity index (χ0) is 25.8. The highest BCUT2D eigenvalue weighted by Gasteiger charge is 2.38. The van der Waals surface area contributed by atoms with Gasteiger partial charge >= 0.3 is 24.3 Å². The summed E-state index contributed by atoms with van der Waals surface area (Å²) in [5.74, 6) is -5.51. The first kappa shape index (κ1) is 29.6. The second kappa shape index (κ2) is 13.2. The van der Waals surface area contributed by atoms with Crippen molar-refractivity contribution in [3.63, 3.8) is 0 Å². The minimum Gasteiger partial charge on any atom is -0.475 e. The minimum absolute atomic E-state index is 0.0800. The Labute approximate surface area is 182 Å². The van der Waals surface area contributed by atoms with Crippen LogP contribution in [-0.2, 0) is 16.1 Å². The SMILES string of the molecule is CN(Cc1ccc[nH]c1=O)CC(O)c1ccccc1.O=C(O)C(F)(F)F.O=C(O)C(F)(F)F. The summed E-state index contributed by atoms with van der Waals surface area (Å²) in [6, 6.07) is 13.1. The average Bonchev–Trinajstić information content (AvgIpc) is 2.70. The van der Waals surface area contributed by atoms with Crippen molar-refractivity contribution in [1.82, 2.24) is 9.88 Å². The fraction of sp³-hybridized carbons (Fsp3) is 0.316. The summed E-state index contributed by atoms with van der Waals surface area (Å²) in [5.41, 5.74) is 1.50. The number of nitrogens with one attached hydrogen (secondary N) is 1. The largest absolute Gasteiger partial charge is 0.490 e. The van der Waals surface area contributed by atoms with E-state index in [2.05, 4.69) is 4.98 Å². The van der Waals surface area contributed by atoms with Gasteiger partial charge in [0.25, 0.3) is 5.56 Å². The summed E-state index contributed by atoms with van der Waals surface area (Å²) in [5, 5.41) is 24.4. The molecule has 1 aromatic heterocycles. The molecule has 14 heteroatoms. The van der Waals surface area contributed by atoms with Crippen LogP contribution < -0.4 is 5.56 Å². The Morgan fingerprint density at radius 1 is 0.939 bits per heavy atom. The molecule has 2 aromatic rings. The fourth-order valence-corrected chi connectivity index (χ4v) is 2.01. The molecule has 33 heavy (non-hydrogen) atoms. The summed E-state index contributed by atoms with van der Waals surface area (Å²) >= 11 is 0. The van der Waals surface area contributed by atoms with Crippen molar-refractivity contribution < 1.29 is 51.3 Å². The van der Waals surface area contributed by atoms with Gasteiger partial charge < -0.3 is 20.3 Å². The van der Waals surface area contributed by atoms with E-state index in [1.54, 1.807) is 18.3 Å². The molecule has 0 bridgehead atoms. The van der Waals surface area contributed by atoms with E-state index in [1.165, 1.54) is 0 Å². The summed E-state index contributed by atoms with van der Waals surface area (Å²) in [6.07, 6.45) is -9.10. The van der Waals surface area contributed by atoms with Crippen LogP contribution in [0.15, 0.2) is 53.5 Å². The number of carboxylic acids is 2. The van der Waals surface area contributed by atoms with Crippen molar-refractivity contribution in [2.24, 2.45) is 0 Å². The van der Waals surface area contributed by atoms with Gasteiger partial charge in [0.05, 0.1) is 6.10 Å². The van der Waals surface area contributed by atoms with E-state index < -0.39 is 30.4 Å². The Kier molecular flexibility index (Phi) is 11.9. The minimum atomic E-state index is -5.08. The number of rotatable bonds is 5. The predicted octanol–water partition coefficient (Wildman–Crippen LogP) is 2.81. The van der Waals surface area contributed by atoms with E-state index >= 15 is 0 Å². The summed E-state index contributed by atoms with van der Waals surface area (Å²) in [4.78, 5) is 33.9. The second-order valence-corrected chi connectivity index (χ2v) is 6.25. The zero-order valence-electron chi connectivity index (χ0n) is 16.9. The number of H-pyrrole nitrogens is 1. The lowest BCUT2D eigenvalue weighted by Crippen LogP contribution is -2.27. The van der Waals surface area contributed by atoms with Gasteiger partial charge in [-0.2, -0.15) is 26.3 Å². The van der Waals surface area contributed by atoms with Gasteiger partial charge in [0.1, 0.15) is 0 Å². The van der Waals surface area contributed by atoms with Gasteiger partial charge in [-0.05, 0) is 18.7 Å². The zero-order valence-corrected chi connectivity index (χ0v) is 16.9. The lowest BCUT2D eigenvalue weighted by atomic mass is 10.1. The Hall–Kier alpha value is -3.39. The van der Waals surface area contributed by atoms with Crippen LogP contribution in [0.25, 0.3) is 0 Å². The first-order valence-electron chi connectivity index (χ1n) is 8.74. The molecule has 1 aromatic carbocycles. The molecule has 8 nitrogen and oxygen atoms in total. The van der Waals surface area contributed by atoms with Crippen molar-refractivity contribution >= 4 is 11.9 Å². The van der Waals surface area contributed by atoms with Crippen molar-refractivity contribution in [3.8, 4) is 0 Å². The van der Waals surface area contributed by atoms with Crippen molar-refractivity contribution in [3.05, 3.63) is 70.1 Å². The third kappa shape index (κ3) is 12.9. The van der Waals surface area contributed by atoms with E-state index in [0.717, 1.165) is 5.56 Å². The Morgan fingerprint density at radius 2 is 1.39 bits per heavy atom. The third-order valence-corrected chi connectivity index (χ3v) is 3.49. The number of aromatic amines is 1. The standard InChI is InChI=1S/C15H18N2O2.2C2HF3O2/c1-17(10-13-8-5-9-16-15(13)19)11-14(18)12-6-3-2-4-7-12;2*3-2(4,5)1(6)7/h2-9,14,18H,10-11H2,1H3,(H,16,19);2*(H,6,7). The molecular weight excluding hydrogens is 466 g/mol. The molecule has 2 rings (SSSR count). The van der Waals surface area contributed by atoms with E-state index in [-0.39, 0.29) is 5.56 Å². The van der Waals surface area contributed by atoms with Gasteiger partial charge in [-0.3, -0.25) is 9.69 Å². The number of aliphatic hydroxyl groups is 1. The van der Waals surface area contributed by atoms with Crippen LogP contribution in [0.3, 0.4) is 0 Å². The van der Waals surface area contributed by atoms with Crippen LogP contribution in [0.5, 0.6) is 0 Å². The fourth-order valence-electron chi connectivity index (χ4n) is 2.01. The molecule has 0 radical (unpaired) electrons. The lowest BCUT2D eigenvalue weighted by Gasteiger charge is -2.20. The van der Waals surface area contributed by atoms with Crippen LogP contribution in [0.4, 0.5) is 26.3 Å². The van der Waals surface area contributed by atoms with E-state index in [1.807, 2.05) is 42.3 Å². The number of hydrogen-bond acceptors (Lipinski definition) is 5. The number of nitrogens with zero attached hydrogens (tertiary/aromatic N) is 1. The maximum Gasteiger partial charge on any atom is 0.490 e. The molecule has 1 unspecified atom stereocenters. The number of pyridine rings is 1. The number of hydrogen-bond donors (Lipinski definition) is 4. The predicted molar refractivity (Wildman–Crippen MR) is 102 cm³/mol. The second-order valence-electron chi connectivity index (χ2n) is 6.25. The van der Waals surface area contributed by atoms with Gasteiger partial charge in [0, 0.05) is 24.8 Å². The summed E-state index contributed by atoms with van der Waals surface area (Å²) in [6.45, 7) is 0.998. The number of aliphatic hydroxyl groups excluding tert-OH is 1. The quantitative estimate of drug-likeness (QED) is 0.478. The van der Waals surface area contributed by atoms with Crippen LogP contribution in [0.2, 0.25) is 0 Å². The highest BCUT2D eigenvalue weighted by molar-refractivity contribution is 5.73. The number of carbonyl (C=O) groups is 2. The van der Waals surface area contributed by atoms with Gasteiger partial charge in [-0.25, -0.2) is 9.59 Å². The number of aliphatic carboxylic acids is 2.